The molecule has 0 atom stereocenters. The molecule has 0 spiro atoms. The quantitative estimate of drug-likeness (QED) is 0.543. The number of hydrogen-bond acceptors (Lipinski definition) is 2. The SMILES string of the molecule is CC.CCS(C)(=O)=O. The lowest BCUT2D eigenvalue weighted by atomic mass is 11.0. The zero-order chi connectivity index (χ0) is 7.21. The maximum atomic E-state index is 10.0. The molecular weight excluding hydrogens is 124 g/mol. The van der Waals surface area contributed by atoms with Gasteiger partial charge in [0.05, 0.1) is 0 Å². The maximum Gasteiger partial charge on any atom is 0.147 e. The molecule has 0 unspecified atom stereocenters. The van der Waals surface area contributed by atoms with E-state index >= 15 is 0 Å². The summed E-state index contributed by atoms with van der Waals surface area (Å²) in [5, 5.41) is 0. The van der Waals surface area contributed by atoms with Crippen molar-refractivity contribution >= 4 is 9.84 Å². The van der Waals surface area contributed by atoms with Gasteiger partial charge in [-0.1, -0.05) is 20.8 Å². The molecule has 3 heteroatoms. The highest BCUT2D eigenvalue weighted by atomic mass is 32.2. The Hall–Kier alpha value is -0.0500. The second kappa shape index (κ2) is 5.09. The van der Waals surface area contributed by atoms with Crippen LogP contribution >= 0.6 is 0 Å². The van der Waals surface area contributed by atoms with Crippen molar-refractivity contribution < 1.29 is 8.42 Å². The molecule has 0 aliphatic rings. The molecule has 0 N–H and O–H groups in total. The third-order valence-electron chi connectivity index (χ3n) is 0.524. The van der Waals surface area contributed by atoms with Crippen LogP contribution in [-0.4, -0.2) is 20.4 Å². The summed E-state index contributed by atoms with van der Waals surface area (Å²) in [6, 6.07) is 0. The summed E-state index contributed by atoms with van der Waals surface area (Å²) < 4.78 is 20.0. The van der Waals surface area contributed by atoms with E-state index in [0.29, 0.717) is 0 Å². The van der Waals surface area contributed by atoms with E-state index in [0.717, 1.165) is 0 Å². The Morgan fingerprint density at radius 3 is 1.38 bits per heavy atom. The Morgan fingerprint density at radius 1 is 1.25 bits per heavy atom. The Balaban J connectivity index is 0. The smallest absolute Gasteiger partial charge is 0.147 e. The average Bonchev–Trinajstić information content (AvgIpc) is 1.71. The van der Waals surface area contributed by atoms with Gasteiger partial charge in [-0.3, -0.25) is 0 Å². The van der Waals surface area contributed by atoms with Crippen LogP contribution in [0.25, 0.3) is 0 Å². The molecule has 52 valence electrons. The van der Waals surface area contributed by atoms with Gasteiger partial charge in [0.2, 0.25) is 0 Å². The molecule has 0 aromatic rings. The fourth-order valence-electron chi connectivity index (χ4n) is 0. The Morgan fingerprint density at radius 2 is 1.38 bits per heavy atom. The van der Waals surface area contributed by atoms with Gasteiger partial charge in [-0.15, -0.1) is 0 Å². The Kier molecular flexibility index (Phi) is 6.91. The van der Waals surface area contributed by atoms with Crippen LogP contribution in [0.3, 0.4) is 0 Å². The molecule has 0 saturated heterocycles. The van der Waals surface area contributed by atoms with Crippen LogP contribution in [0.15, 0.2) is 0 Å². The molecule has 0 aliphatic carbocycles. The van der Waals surface area contributed by atoms with Crippen molar-refractivity contribution in [2.45, 2.75) is 20.8 Å². The largest absolute Gasteiger partial charge is 0.229 e. The zero-order valence-electron chi connectivity index (χ0n) is 5.93. The highest BCUT2D eigenvalue weighted by Gasteiger charge is 1.90. The molecular formula is C5H14O2S. The van der Waals surface area contributed by atoms with E-state index in [2.05, 4.69) is 0 Å². The maximum absolute atomic E-state index is 10.0. The van der Waals surface area contributed by atoms with Crippen molar-refractivity contribution in [1.29, 1.82) is 0 Å². The van der Waals surface area contributed by atoms with Crippen molar-refractivity contribution in [3.05, 3.63) is 0 Å². The van der Waals surface area contributed by atoms with Gasteiger partial charge in [-0.25, -0.2) is 8.42 Å². The minimum atomic E-state index is -2.66. The molecule has 0 amide bonds. The van der Waals surface area contributed by atoms with Gasteiger partial charge in [0, 0.05) is 12.0 Å². The average molecular weight is 138 g/mol. The van der Waals surface area contributed by atoms with Gasteiger partial charge >= 0.3 is 0 Å². The molecule has 0 rings (SSSR count). The highest BCUT2D eigenvalue weighted by molar-refractivity contribution is 7.90. The first-order chi connectivity index (χ1) is 3.56. The summed E-state index contributed by atoms with van der Waals surface area (Å²) in [5.74, 6) is 0.243. The highest BCUT2D eigenvalue weighted by Crippen LogP contribution is 1.75. The van der Waals surface area contributed by atoms with Gasteiger partial charge in [0.15, 0.2) is 0 Å². The molecule has 8 heavy (non-hydrogen) atoms. The lowest BCUT2D eigenvalue weighted by molar-refractivity contribution is 0.603. The van der Waals surface area contributed by atoms with E-state index in [4.69, 9.17) is 0 Å². The summed E-state index contributed by atoms with van der Waals surface area (Å²) in [6.07, 6.45) is 1.22. The normalized spacial score (nSPS) is 9.50. The number of rotatable bonds is 1. The lowest BCUT2D eigenvalue weighted by Gasteiger charge is -1.81. The van der Waals surface area contributed by atoms with Crippen LogP contribution in [0.4, 0.5) is 0 Å². The number of hydrogen-bond donors (Lipinski definition) is 0. The molecule has 0 heterocycles. The summed E-state index contributed by atoms with van der Waals surface area (Å²) in [4.78, 5) is 0. The summed E-state index contributed by atoms with van der Waals surface area (Å²) in [7, 11) is -2.66. The lowest BCUT2D eigenvalue weighted by Crippen LogP contribution is -1.96. The van der Waals surface area contributed by atoms with Crippen LogP contribution in [-0.2, 0) is 9.84 Å². The molecule has 0 bridgehead atoms. The van der Waals surface area contributed by atoms with E-state index in [1.165, 1.54) is 6.26 Å². The van der Waals surface area contributed by atoms with Crippen LogP contribution in [0.1, 0.15) is 20.8 Å². The Bertz CT molecular complexity index is 112. The zero-order valence-corrected chi connectivity index (χ0v) is 6.75. The van der Waals surface area contributed by atoms with Crippen molar-refractivity contribution in [2.75, 3.05) is 12.0 Å². The second-order valence-electron chi connectivity index (χ2n) is 1.21. The van der Waals surface area contributed by atoms with Crippen LogP contribution < -0.4 is 0 Å². The summed E-state index contributed by atoms with van der Waals surface area (Å²) in [5.41, 5.74) is 0. The molecule has 0 aliphatic heterocycles. The van der Waals surface area contributed by atoms with Gasteiger partial charge in [0.1, 0.15) is 9.84 Å². The van der Waals surface area contributed by atoms with Crippen LogP contribution in [0.2, 0.25) is 0 Å². The van der Waals surface area contributed by atoms with Crippen molar-refractivity contribution in [1.82, 2.24) is 0 Å². The van der Waals surface area contributed by atoms with E-state index in [1.807, 2.05) is 13.8 Å². The van der Waals surface area contributed by atoms with Crippen molar-refractivity contribution in [3.8, 4) is 0 Å². The van der Waals surface area contributed by atoms with E-state index in [9.17, 15) is 8.42 Å². The van der Waals surface area contributed by atoms with E-state index in [-0.39, 0.29) is 5.75 Å². The number of sulfone groups is 1. The fourth-order valence-corrected chi connectivity index (χ4v) is 0. The van der Waals surface area contributed by atoms with Gasteiger partial charge in [-0.2, -0.15) is 0 Å². The monoisotopic (exact) mass is 138 g/mol. The summed E-state index contributed by atoms with van der Waals surface area (Å²) in [6.45, 7) is 5.62. The van der Waals surface area contributed by atoms with Crippen molar-refractivity contribution in [2.24, 2.45) is 0 Å². The topological polar surface area (TPSA) is 34.1 Å². The molecule has 2 nitrogen and oxygen atoms in total. The molecule has 0 fully saturated rings. The fraction of sp³-hybridized carbons (Fsp3) is 1.00. The molecule has 0 aromatic heterocycles. The first-order valence-corrected chi connectivity index (χ1v) is 4.80. The molecule has 0 aromatic carbocycles. The van der Waals surface area contributed by atoms with Crippen molar-refractivity contribution in [3.63, 3.8) is 0 Å². The molecule has 0 radical (unpaired) electrons. The predicted molar refractivity (Wildman–Crippen MR) is 36.7 cm³/mol. The van der Waals surface area contributed by atoms with Gasteiger partial charge in [-0.05, 0) is 0 Å². The van der Waals surface area contributed by atoms with E-state index < -0.39 is 9.84 Å². The third-order valence-corrected chi connectivity index (χ3v) is 1.57. The van der Waals surface area contributed by atoms with Crippen LogP contribution in [0.5, 0.6) is 0 Å². The second-order valence-corrected chi connectivity index (χ2v) is 3.64. The first-order valence-electron chi connectivity index (χ1n) is 2.74. The van der Waals surface area contributed by atoms with E-state index in [1.54, 1.807) is 6.92 Å². The molecule has 0 saturated carbocycles. The first kappa shape index (κ1) is 10.8. The Labute approximate surface area is 51.8 Å². The minimum absolute atomic E-state index is 0.243. The van der Waals surface area contributed by atoms with Crippen LogP contribution in [0, 0.1) is 0 Å². The standard InChI is InChI=1S/C3H8O2S.C2H6/c1-3-6(2,4)5;1-2/h3H2,1-2H3;1-2H3. The summed E-state index contributed by atoms with van der Waals surface area (Å²) >= 11 is 0. The van der Waals surface area contributed by atoms with Gasteiger partial charge < -0.3 is 0 Å². The predicted octanol–water partition coefficient (Wildman–Crippen LogP) is 1.08. The third kappa shape index (κ3) is 16.8. The minimum Gasteiger partial charge on any atom is -0.229 e. The van der Waals surface area contributed by atoms with Gasteiger partial charge in [0.25, 0.3) is 0 Å².